The predicted octanol–water partition coefficient (Wildman–Crippen LogP) is 0.895. The highest BCUT2D eigenvalue weighted by molar-refractivity contribution is 7.98. The fourth-order valence-corrected chi connectivity index (χ4v) is 1.33. The number of rotatable bonds is 3. The summed E-state index contributed by atoms with van der Waals surface area (Å²) in [6.45, 7) is 2.03. The van der Waals surface area contributed by atoms with Gasteiger partial charge < -0.3 is 4.98 Å². The molecule has 4 nitrogen and oxygen atoms in total. The summed E-state index contributed by atoms with van der Waals surface area (Å²) >= 11 is 1.67. The molecule has 0 fully saturated rings. The van der Waals surface area contributed by atoms with Gasteiger partial charge in [-0.15, -0.1) is 0 Å². The Labute approximate surface area is 80.0 Å². The third-order valence-corrected chi connectivity index (χ3v) is 2.30. The van der Waals surface area contributed by atoms with E-state index < -0.39 is 0 Å². The SMILES string of the molecule is CCSCc1ncc(C#N)c(=O)[nH]1. The third kappa shape index (κ3) is 2.60. The Hall–Kier alpha value is -1.28. The molecule has 0 aliphatic carbocycles. The van der Waals surface area contributed by atoms with Crippen LogP contribution in [0.4, 0.5) is 0 Å². The molecule has 1 N–H and O–H groups in total. The van der Waals surface area contributed by atoms with Gasteiger partial charge in [-0.05, 0) is 5.75 Å². The van der Waals surface area contributed by atoms with Crippen molar-refractivity contribution < 1.29 is 0 Å². The summed E-state index contributed by atoms with van der Waals surface area (Å²) in [6.07, 6.45) is 1.31. The molecule has 0 spiro atoms. The lowest BCUT2D eigenvalue weighted by molar-refractivity contribution is 0.993. The van der Waals surface area contributed by atoms with Crippen LogP contribution in [0.3, 0.4) is 0 Å². The Kier molecular flexibility index (Phi) is 3.53. The number of aromatic nitrogens is 2. The lowest BCUT2D eigenvalue weighted by Crippen LogP contribution is -2.13. The zero-order valence-corrected chi connectivity index (χ0v) is 8.02. The van der Waals surface area contributed by atoms with Crippen LogP contribution < -0.4 is 5.56 Å². The van der Waals surface area contributed by atoms with Crippen molar-refractivity contribution in [3.05, 3.63) is 27.9 Å². The molecule has 1 aromatic heterocycles. The summed E-state index contributed by atoms with van der Waals surface area (Å²) in [4.78, 5) is 17.6. The number of nitrogens with one attached hydrogen (secondary N) is 1. The van der Waals surface area contributed by atoms with Crippen LogP contribution in [0.15, 0.2) is 11.0 Å². The summed E-state index contributed by atoms with van der Waals surface area (Å²) in [5.41, 5.74) is -0.297. The Morgan fingerprint density at radius 2 is 2.54 bits per heavy atom. The summed E-state index contributed by atoms with van der Waals surface area (Å²) in [7, 11) is 0. The minimum atomic E-state index is -0.357. The van der Waals surface area contributed by atoms with E-state index >= 15 is 0 Å². The molecule has 0 amide bonds. The van der Waals surface area contributed by atoms with Crippen LogP contribution in [0.5, 0.6) is 0 Å². The molecule has 13 heavy (non-hydrogen) atoms. The molecule has 0 aliphatic rings. The van der Waals surface area contributed by atoms with Gasteiger partial charge in [-0.2, -0.15) is 17.0 Å². The Bertz CT molecular complexity index is 380. The summed E-state index contributed by atoms with van der Waals surface area (Å²) < 4.78 is 0. The molecule has 0 aliphatic heterocycles. The molecule has 0 bridgehead atoms. The van der Waals surface area contributed by atoms with Crippen molar-refractivity contribution in [1.29, 1.82) is 5.26 Å². The first-order valence-corrected chi connectivity index (χ1v) is 4.99. The maximum atomic E-state index is 11.1. The molecular formula is C8H9N3OS. The Morgan fingerprint density at radius 3 is 3.08 bits per heavy atom. The fraction of sp³-hybridized carbons (Fsp3) is 0.375. The van der Waals surface area contributed by atoms with Gasteiger partial charge in [0.05, 0.1) is 11.9 Å². The maximum absolute atomic E-state index is 11.1. The Morgan fingerprint density at radius 1 is 1.77 bits per heavy atom. The number of H-pyrrole nitrogens is 1. The zero-order valence-electron chi connectivity index (χ0n) is 7.20. The van der Waals surface area contributed by atoms with E-state index in [1.54, 1.807) is 17.8 Å². The van der Waals surface area contributed by atoms with Gasteiger partial charge in [0, 0.05) is 0 Å². The minimum Gasteiger partial charge on any atom is -0.309 e. The first-order chi connectivity index (χ1) is 6.27. The minimum absolute atomic E-state index is 0.0604. The van der Waals surface area contributed by atoms with E-state index in [1.165, 1.54) is 6.20 Å². The van der Waals surface area contributed by atoms with E-state index in [0.29, 0.717) is 11.6 Å². The van der Waals surface area contributed by atoms with E-state index in [9.17, 15) is 4.79 Å². The van der Waals surface area contributed by atoms with Crippen LogP contribution in [0.2, 0.25) is 0 Å². The monoisotopic (exact) mass is 195 g/mol. The Balaban J connectivity index is 2.85. The molecule has 0 atom stereocenters. The second kappa shape index (κ2) is 4.67. The van der Waals surface area contributed by atoms with Crippen molar-refractivity contribution in [1.82, 2.24) is 9.97 Å². The first-order valence-electron chi connectivity index (χ1n) is 3.84. The van der Waals surface area contributed by atoms with Gasteiger partial charge in [0.2, 0.25) is 0 Å². The van der Waals surface area contributed by atoms with Crippen molar-refractivity contribution in [2.75, 3.05) is 5.75 Å². The molecule has 5 heteroatoms. The van der Waals surface area contributed by atoms with Crippen LogP contribution in [-0.4, -0.2) is 15.7 Å². The van der Waals surface area contributed by atoms with Gasteiger partial charge in [-0.25, -0.2) is 4.98 Å². The second-order valence-corrected chi connectivity index (χ2v) is 3.60. The van der Waals surface area contributed by atoms with Crippen LogP contribution in [0.25, 0.3) is 0 Å². The van der Waals surface area contributed by atoms with Crippen LogP contribution >= 0.6 is 11.8 Å². The van der Waals surface area contributed by atoms with Crippen molar-refractivity contribution >= 4 is 11.8 Å². The van der Waals surface area contributed by atoms with E-state index in [-0.39, 0.29) is 11.1 Å². The van der Waals surface area contributed by atoms with E-state index in [1.807, 2.05) is 6.92 Å². The molecule has 1 rings (SSSR count). The van der Waals surface area contributed by atoms with Gasteiger partial charge in [0.25, 0.3) is 5.56 Å². The average Bonchev–Trinajstić information content (AvgIpc) is 2.15. The molecule has 0 saturated carbocycles. The first kappa shape index (κ1) is 9.81. The molecule has 1 heterocycles. The number of hydrogen-bond acceptors (Lipinski definition) is 4. The molecule has 0 unspecified atom stereocenters. The van der Waals surface area contributed by atoms with Crippen molar-refractivity contribution in [2.45, 2.75) is 12.7 Å². The summed E-state index contributed by atoms with van der Waals surface area (Å²) in [6, 6.07) is 1.77. The number of hydrogen-bond donors (Lipinski definition) is 1. The second-order valence-electron chi connectivity index (χ2n) is 2.32. The van der Waals surface area contributed by atoms with Gasteiger partial charge in [0.1, 0.15) is 17.5 Å². The topological polar surface area (TPSA) is 69.5 Å². The number of nitrogens with zero attached hydrogens (tertiary/aromatic N) is 2. The third-order valence-electron chi connectivity index (χ3n) is 1.42. The largest absolute Gasteiger partial charge is 0.309 e. The summed E-state index contributed by atoms with van der Waals surface area (Å²) in [5, 5.41) is 8.47. The standard InChI is InChI=1S/C8H9N3OS/c1-2-13-5-7-10-4-6(3-9)8(12)11-7/h4H,2,5H2,1H3,(H,10,11,12). The van der Waals surface area contributed by atoms with Crippen molar-refractivity contribution in [3.8, 4) is 6.07 Å². The molecule has 68 valence electrons. The van der Waals surface area contributed by atoms with Crippen molar-refractivity contribution in [2.24, 2.45) is 0 Å². The lowest BCUT2D eigenvalue weighted by atomic mass is 10.4. The zero-order chi connectivity index (χ0) is 9.68. The normalized spacial score (nSPS) is 9.54. The van der Waals surface area contributed by atoms with Gasteiger partial charge in [-0.1, -0.05) is 6.92 Å². The van der Waals surface area contributed by atoms with E-state index in [2.05, 4.69) is 9.97 Å². The fourth-order valence-electron chi connectivity index (χ4n) is 0.783. The van der Waals surface area contributed by atoms with Crippen LogP contribution in [0.1, 0.15) is 18.3 Å². The molecule has 0 saturated heterocycles. The smallest absolute Gasteiger partial charge is 0.268 e. The maximum Gasteiger partial charge on any atom is 0.268 e. The van der Waals surface area contributed by atoms with Crippen LogP contribution in [0, 0.1) is 11.3 Å². The predicted molar refractivity (Wildman–Crippen MR) is 51.4 cm³/mol. The molecule has 0 aromatic carbocycles. The lowest BCUT2D eigenvalue weighted by Gasteiger charge is -1.97. The quantitative estimate of drug-likeness (QED) is 0.777. The summed E-state index contributed by atoms with van der Waals surface area (Å²) in [5.74, 6) is 2.28. The molecule has 0 radical (unpaired) electrons. The number of aromatic amines is 1. The highest BCUT2D eigenvalue weighted by atomic mass is 32.2. The highest BCUT2D eigenvalue weighted by Gasteiger charge is 2.00. The van der Waals surface area contributed by atoms with Gasteiger partial charge in [0.15, 0.2) is 0 Å². The van der Waals surface area contributed by atoms with Gasteiger partial charge in [-0.3, -0.25) is 4.79 Å². The van der Waals surface area contributed by atoms with Gasteiger partial charge >= 0.3 is 0 Å². The van der Waals surface area contributed by atoms with Crippen molar-refractivity contribution in [3.63, 3.8) is 0 Å². The van der Waals surface area contributed by atoms with E-state index in [0.717, 1.165) is 5.75 Å². The average molecular weight is 195 g/mol. The van der Waals surface area contributed by atoms with Crippen LogP contribution in [-0.2, 0) is 5.75 Å². The van der Waals surface area contributed by atoms with E-state index in [4.69, 9.17) is 5.26 Å². The molecule has 1 aromatic rings. The molecular weight excluding hydrogens is 186 g/mol. The number of thioether (sulfide) groups is 1. The number of nitriles is 1. The highest BCUT2D eigenvalue weighted by Crippen LogP contribution is 2.05.